The lowest BCUT2D eigenvalue weighted by molar-refractivity contribution is -0.383. The van der Waals surface area contributed by atoms with Crippen LogP contribution in [0.15, 0.2) is 38.6 Å². The molecule has 3 heterocycles. The molecule has 1 saturated heterocycles. The Kier molecular flexibility index (Phi) is 5.68. The zero-order valence-electron chi connectivity index (χ0n) is 15.9. The van der Waals surface area contributed by atoms with Gasteiger partial charge in [-0.1, -0.05) is 17.4 Å². The average Bonchev–Trinajstić information content (AvgIpc) is 3.28. The predicted molar refractivity (Wildman–Crippen MR) is 113 cm³/mol. The summed E-state index contributed by atoms with van der Waals surface area (Å²) in [6.45, 7) is 0.507. The predicted octanol–water partition coefficient (Wildman–Crippen LogP) is 3.16. The Bertz CT molecular complexity index is 1350. The number of aromatic nitrogens is 1. The molecule has 0 N–H and O–H groups in total. The molecular weight excluding hydrogens is 493 g/mol. The number of alkyl halides is 3. The van der Waals surface area contributed by atoms with Gasteiger partial charge < -0.3 is 4.90 Å². The molecule has 0 aliphatic carbocycles. The zero-order valence-corrected chi connectivity index (χ0v) is 18.4. The molecule has 2 aromatic heterocycles. The van der Waals surface area contributed by atoms with Gasteiger partial charge in [0.15, 0.2) is 5.13 Å². The van der Waals surface area contributed by atoms with Crippen LogP contribution in [0.4, 0.5) is 24.0 Å². The van der Waals surface area contributed by atoms with E-state index in [1.165, 1.54) is 10.4 Å². The molecule has 15 heteroatoms. The van der Waals surface area contributed by atoms with E-state index < -0.39 is 43.3 Å². The molecule has 0 bridgehead atoms. The molecule has 1 fully saturated rings. The second-order valence-electron chi connectivity index (χ2n) is 6.75. The maximum Gasteiger partial charge on any atom is 0.416 e. The van der Waals surface area contributed by atoms with Gasteiger partial charge in [0, 0.05) is 32.2 Å². The standard InChI is InChI=1S/C17H13F3N4O5S3/c18-17(19,20)10-8-11-14(12(9-10)24(26)27)31-16(21-15(11)25)22-3-5-23(6-4-22)32(28,29)13-2-1-7-30-13/h1-2,7-9H,3-6H2. The van der Waals surface area contributed by atoms with Gasteiger partial charge in [0.05, 0.1) is 15.9 Å². The summed E-state index contributed by atoms with van der Waals surface area (Å²) in [7, 11) is -3.65. The highest BCUT2D eigenvalue weighted by Gasteiger charge is 2.35. The van der Waals surface area contributed by atoms with Gasteiger partial charge in [-0.3, -0.25) is 14.9 Å². The summed E-state index contributed by atoms with van der Waals surface area (Å²) in [5, 5.41) is 12.6. The Labute approximate surface area is 186 Å². The Morgan fingerprint density at radius 1 is 1.16 bits per heavy atom. The van der Waals surface area contributed by atoms with Crippen molar-refractivity contribution in [3.8, 4) is 0 Å². The van der Waals surface area contributed by atoms with Crippen LogP contribution in [-0.2, 0) is 16.2 Å². The molecule has 0 amide bonds. The van der Waals surface area contributed by atoms with Gasteiger partial charge in [0.2, 0.25) is 0 Å². The molecule has 0 unspecified atom stereocenters. The van der Waals surface area contributed by atoms with Crippen LogP contribution < -0.4 is 10.5 Å². The second kappa shape index (κ2) is 8.06. The van der Waals surface area contributed by atoms with Crippen molar-refractivity contribution in [3.63, 3.8) is 0 Å². The van der Waals surface area contributed by atoms with E-state index in [4.69, 9.17) is 0 Å². The van der Waals surface area contributed by atoms with Gasteiger partial charge >= 0.3 is 6.18 Å². The van der Waals surface area contributed by atoms with Crippen LogP contribution in [-0.4, -0.2) is 48.8 Å². The fourth-order valence-electron chi connectivity index (χ4n) is 3.23. The molecule has 0 saturated carbocycles. The third kappa shape index (κ3) is 4.07. The minimum Gasteiger partial charge on any atom is -0.345 e. The molecule has 32 heavy (non-hydrogen) atoms. The number of halogens is 3. The Morgan fingerprint density at radius 2 is 1.84 bits per heavy atom. The molecular formula is C17H13F3N4O5S3. The Hall–Kier alpha value is -2.62. The first-order valence-corrected chi connectivity index (χ1v) is 12.1. The van der Waals surface area contributed by atoms with E-state index >= 15 is 0 Å². The third-order valence-corrected chi connectivity index (χ3v) is 9.25. The summed E-state index contributed by atoms with van der Waals surface area (Å²) in [6.07, 6.45) is -4.86. The van der Waals surface area contributed by atoms with Crippen LogP contribution in [0.3, 0.4) is 0 Å². The van der Waals surface area contributed by atoms with Gasteiger partial charge in [0.25, 0.3) is 21.3 Å². The number of nitro groups is 1. The quantitative estimate of drug-likeness (QED) is 0.395. The van der Waals surface area contributed by atoms with E-state index in [9.17, 15) is 36.5 Å². The van der Waals surface area contributed by atoms with Crippen molar-refractivity contribution in [1.29, 1.82) is 0 Å². The van der Waals surface area contributed by atoms with Crippen molar-refractivity contribution in [3.05, 3.63) is 55.7 Å². The number of anilines is 1. The SMILES string of the molecule is O=c1nc(N2CCN(S(=O)(=O)c3cccs3)CC2)sc2c([N+](=O)[O-])cc(C(F)(F)F)cc12. The van der Waals surface area contributed by atoms with E-state index in [1.807, 2.05) is 0 Å². The number of thiophene rings is 1. The van der Waals surface area contributed by atoms with Gasteiger partial charge in [-0.25, -0.2) is 8.42 Å². The van der Waals surface area contributed by atoms with Crippen LogP contribution >= 0.6 is 22.7 Å². The molecule has 4 rings (SSSR count). The molecule has 9 nitrogen and oxygen atoms in total. The zero-order chi connectivity index (χ0) is 23.3. The second-order valence-corrected chi connectivity index (χ2v) is 10.8. The van der Waals surface area contributed by atoms with Crippen molar-refractivity contribution in [2.75, 3.05) is 31.1 Å². The van der Waals surface area contributed by atoms with Crippen molar-refractivity contribution in [2.24, 2.45) is 0 Å². The topological polar surface area (TPSA) is 114 Å². The van der Waals surface area contributed by atoms with E-state index in [-0.39, 0.29) is 40.2 Å². The number of non-ortho nitro benzene ring substituents is 1. The smallest absolute Gasteiger partial charge is 0.345 e. The van der Waals surface area contributed by atoms with E-state index in [0.717, 1.165) is 22.7 Å². The van der Waals surface area contributed by atoms with Gasteiger partial charge in [-0.15, -0.1) is 11.3 Å². The first-order valence-electron chi connectivity index (χ1n) is 8.97. The lowest BCUT2D eigenvalue weighted by Crippen LogP contribution is -2.48. The first-order chi connectivity index (χ1) is 15.0. The van der Waals surface area contributed by atoms with Gasteiger partial charge in [-0.05, 0) is 17.5 Å². The van der Waals surface area contributed by atoms with Crippen LogP contribution in [0.25, 0.3) is 10.1 Å². The van der Waals surface area contributed by atoms with E-state index in [1.54, 1.807) is 16.3 Å². The maximum absolute atomic E-state index is 13.1. The van der Waals surface area contributed by atoms with Gasteiger partial charge in [0.1, 0.15) is 8.91 Å². The van der Waals surface area contributed by atoms with Crippen LogP contribution in [0.2, 0.25) is 0 Å². The summed E-state index contributed by atoms with van der Waals surface area (Å²) in [5.74, 6) is 0. The summed E-state index contributed by atoms with van der Waals surface area (Å²) in [5.41, 5.74) is -3.15. The number of piperazine rings is 1. The van der Waals surface area contributed by atoms with Crippen molar-refractivity contribution >= 4 is 53.6 Å². The highest BCUT2D eigenvalue weighted by Crippen LogP contribution is 2.38. The van der Waals surface area contributed by atoms with Gasteiger partial charge in [-0.2, -0.15) is 22.5 Å². The highest BCUT2D eigenvalue weighted by molar-refractivity contribution is 7.91. The van der Waals surface area contributed by atoms with Crippen LogP contribution in [0.1, 0.15) is 5.56 Å². The number of rotatable bonds is 4. The number of sulfonamides is 1. The monoisotopic (exact) mass is 506 g/mol. The molecule has 0 spiro atoms. The Morgan fingerprint density at radius 3 is 2.41 bits per heavy atom. The average molecular weight is 507 g/mol. The van der Waals surface area contributed by atoms with E-state index in [0.29, 0.717) is 12.1 Å². The largest absolute Gasteiger partial charge is 0.416 e. The maximum atomic E-state index is 13.1. The minimum absolute atomic E-state index is 0.0820. The third-order valence-electron chi connectivity index (χ3n) is 4.81. The molecule has 170 valence electrons. The lowest BCUT2D eigenvalue weighted by Gasteiger charge is -2.33. The molecule has 0 radical (unpaired) electrons. The molecule has 1 aromatic carbocycles. The van der Waals surface area contributed by atoms with Crippen molar-refractivity contribution < 1.29 is 26.5 Å². The minimum atomic E-state index is -4.86. The number of fused-ring (bicyclic) bond motifs is 1. The number of nitrogens with zero attached hydrogens (tertiary/aromatic N) is 4. The number of nitro benzene ring substituents is 1. The normalized spacial score (nSPS) is 15.9. The Balaban J connectivity index is 1.67. The lowest BCUT2D eigenvalue weighted by atomic mass is 10.1. The molecule has 1 aliphatic heterocycles. The highest BCUT2D eigenvalue weighted by atomic mass is 32.2. The molecule has 0 atom stereocenters. The number of hydrogen-bond donors (Lipinski definition) is 0. The fraction of sp³-hybridized carbons (Fsp3) is 0.294. The molecule has 1 aliphatic rings. The summed E-state index contributed by atoms with van der Waals surface area (Å²) < 4.78 is 65.8. The number of hydrogen-bond acceptors (Lipinski definition) is 9. The first kappa shape index (κ1) is 22.6. The summed E-state index contributed by atoms with van der Waals surface area (Å²) in [4.78, 5) is 28.3. The van der Waals surface area contributed by atoms with Crippen molar-refractivity contribution in [1.82, 2.24) is 9.29 Å². The van der Waals surface area contributed by atoms with Crippen LogP contribution in [0.5, 0.6) is 0 Å². The number of benzene rings is 1. The summed E-state index contributed by atoms with van der Waals surface area (Å²) >= 11 is 1.82. The van der Waals surface area contributed by atoms with Crippen molar-refractivity contribution in [2.45, 2.75) is 10.4 Å². The molecule has 3 aromatic rings. The van der Waals surface area contributed by atoms with Crippen LogP contribution in [0, 0.1) is 10.1 Å². The van der Waals surface area contributed by atoms with E-state index in [2.05, 4.69) is 4.98 Å². The summed E-state index contributed by atoms with van der Waals surface area (Å²) in [6, 6.07) is 4.08. The fourth-order valence-corrected chi connectivity index (χ4v) is 6.92.